The number of hydrogen-bond donors (Lipinski definition) is 0. The summed E-state index contributed by atoms with van der Waals surface area (Å²) in [5.41, 5.74) is 0. The zero-order valence-corrected chi connectivity index (χ0v) is 8.53. The highest BCUT2D eigenvalue weighted by molar-refractivity contribution is 5.24. The molecule has 1 heterocycles. The molecule has 0 bridgehead atoms. The lowest BCUT2D eigenvalue weighted by Gasteiger charge is -2.08. The minimum atomic E-state index is 0.529. The van der Waals surface area contributed by atoms with Gasteiger partial charge < -0.3 is 9.42 Å². The highest BCUT2D eigenvalue weighted by Crippen LogP contribution is 2.08. The highest BCUT2D eigenvalue weighted by atomic mass is 16.5. The molecular weight excluding hydrogens is 180 g/mol. The van der Waals surface area contributed by atoms with Crippen LogP contribution in [-0.2, 0) is 6.42 Å². The molecule has 14 heavy (non-hydrogen) atoms. The van der Waals surface area contributed by atoms with Gasteiger partial charge in [-0.05, 0) is 18.5 Å². The Morgan fingerprint density at radius 3 is 3.00 bits per heavy atom. The van der Waals surface area contributed by atoms with E-state index < -0.39 is 0 Å². The quantitative estimate of drug-likeness (QED) is 0.662. The summed E-state index contributed by atoms with van der Waals surface area (Å²) in [6.45, 7) is 2.86. The third kappa shape index (κ3) is 2.73. The third-order valence-corrected chi connectivity index (χ3v) is 1.95. The maximum Gasteiger partial charge on any atom is 0.265 e. The van der Waals surface area contributed by atoms with E-state index in [0.29, 0.717) is 24.7 Å². The number of hydrogen-bond acceptors (Lipinski definition) is 5. The van der Waals surface area contributed by atoms with Gasteiger partial charge in [0, 0.05) is 26.4 Å². The van der Waals surface area contributed by atoms with E-state index in [4.69, 9.17) is 9.78 Å². The molecule has 0 aliphatic heterocycles. The maximum atomic E-state index is 8.35. The van der Waals surface area contributed by atoms with Crippen molar-refractivity contribution in [1.82, 2.24) is 10.1 Å². The van der Waals surface area contributed by atoms with E-state index in [9.17, 15) is 0 Å². The predicted octanol–water partition coefficient (Wildman–Crippen LogP) is 1.37. The Balaban J connectivity index is 2.47. The van der Waals surface area contributed by atoms with Gasteiger partial charge in [-0.1, -0.05) is 0 Å². The molecule has 0 radical (unpaired) electrons. The first-order valence-electron chi connectivity index (χ1n) is 4.68. The molecule has 0 N–H and O–H groups in total. The Morgan fingerprint density at radius 2 is 2.36 bits per heavy atom. The van der Waals surface area contributed by atoms with Gasteiger partial charge in [0.2, 0.25) is 5.89 Å². The van der Waals surface area contributed by atoms with Crippen molar-refractivity contribution in [2.75, 3.05) is 18.5 Å². The lowest BCUT2D eigenvalue weighted by atomic mass is 10.2. The van der Waals surface area contributed by atoms with Crippen molar-refractivity contribution >= 4 is 5.95 Å². The summed E-state index contributed by atoms with van der Waals surface area (Å²) in [6, 6.07) is 2.08. The first kappa shape index (κ1) is 10.5. The van der Waals surface area contributed by atoms with Crippen LogP contribution in [-0.4, -0.2) is 23.7 Å². The van der Waals surface area contributed by atoms with E-state index in [2.05, 4.69) is 16.2 Å². The summed E-state index contributed by atoms with van der Waals surface area (Å²) in [7, 11) is 1.91. The zero-order chi connectivity index (χ0) is 10.4. The smallest absolute Gasteiger partial charge is 0.265 e. The lowest BCUT2D eigenvalue weighted by molar-refractivity contribution is 0.375. The zero-order valence-electron chi connectivity index (χ0n) is 8.53. The largest absolute Gasteiger partial charge is 0.342 e. The number of anilines is 1. The van der Waals surface area contributed by atoms with Crippen LogP contribution in [0.15, 0.2) is 4.52 Å². The number of aromatic nitrogens is 2. The first-order valence-corrected chi connectivity index (χ1v) is 4.68. The summed E-state index contributed by atoms with van der Waals surface area (Å²) in [4.78, 5) is 6.09. The molecule has 0 aromatic carbocycles. The number of nitrogens with zero attached hydrogens (tertiary/aromatic N) is 4. The molecule has 0 aliphatic carbocycles. The molecule has 76 valence electrons. The minimum Gasteiger partial charge on any atom is -0.342 e. The summed E-state index contributed by atoms with van der Waals surface area (Å²) in [5.74, 6) is 1.22. The van der Waals surface area contributed by atoms with Crippen LogP contribution in [0.1, 0.15) is 25.7 Å². The van der Waals surface area contributed by atoms with Crippen LogP contribution in [0.25, 0.3) is 0 Å². The minimum absolute atomic E-state index is 0.529. The van der Waals surface area contributed by atoms with Crippen LogP contribution in [0.4, 0.5) is 5.95 Å². The molecule has 0 amide bonds. The van der Waals surface area contributed by atoms with Gasteiger partial charge in [-0.3, -0.25) is 0 Å². The Labute approximate surface area is 83.3 Å². The van der Waals surface area contributed by atoms with Gasteiger partial charge in [0.1, 0.15) is 0 Å². The normalized spacial score (nSPS) is 9.79. The average Bonchev–Trinajstić information content (AvgIpc) is 2.66. The Hall–Kier alpha value is -1.57. The summed E-state index contributed by atoms with van der Waals surface area (Å²) in [6.07, 6.45) is 1.98. The van der Waals surface area contributed by atoms with E-state index in [1.54, 1.807) is 0 Å². The second kappa shape index (κ2) is 5.22. The van der Waals surface area contributed by atoms with Crippen molar-refractivity contribution < 1.29 is 4.52 Å². The number of aryl methyl sites for hydroxylation is 1. The van der Waals surface area contributed by atoms with Gasteiger partial charge in [0.05, 0.1) is 6.07 Å². The molecule has 0 atom stereocenters. The van der Waals surface area contributed by atoms with Gasteiger partial charge in [-0.2, -0.15) is 10.2 Å². The van der Waals surface area contributed by atoms with Crippen LogP contribution in [0.2, 0.25) is 0 Å². The second-order valence-electron chi connectivity index (χ2n) is 3.01. The van der Waals surface area contributed by atoms with Crippen molar-refractivity contribution in [3.05, 3.63) is 5.89 Å². The van der Waals surface area contributed by atoms with Gasteiger partial charge in [-0.25, -0.2) is 0 Å². The van der Waals surface area contributed by atoms with Crippen molar-refractivity contribution in [3.8, 4) is 6.07 Å². The molecule has 0 unspecified atom stereocenters. The molecule has 1 aromatic rings. The molecular formula is C9H14N4O. The van der Waals surface area contributed by atoms with Gasteiger partial charge in [0.25, 0.3) is 5.95 Å². The fourth-order valence-corrected chi connectivity index (χ4v) is 0.963. The fourth-order valence-electron chi connectivity index (χ4n) is 0.963. The Morgan fingerprint density at radius 1 is 1.57 bits per heavy atom. The third-order valence-electron chi connectivity index (χ3n) is 1.95. The van der Waals surface area contributed by atoms with Crippen molar-refractivity contribution in [1.29, 1.82) is 5.26 Å². The average molecular weight is 194 g/mol. The molecule has 0 aliphatic rings. The van der Waals surface area contributed by atoms with Crippen molar-refractivity contribution in [2.24, 2.45) is 0 Å². The van der Waals surface area contributed by atoms with Crippen LogP contribution >= 0.6 is 0 Å². The van der Waals surface area contributed by atoms with Gasteiger partial charge in [-0.15, -0.1) is 0 Å². The lowest BCUT2D eigenvalue weighted by Crippen LogP contribution is -2.17. The van der Waals surface area contributed by atoms with Crippen LogP contribution < -0.4 is 4.90 Å². The van der Waals surface area contributed by atoms with Gasteiger partial charge >= 0.3 is 0 Å². The van der Waals surface area contributed by atoms with Gasteiger partial charge in [0.15, 0.2) is 0 Å². The molecule has 5 heteroatoms. The van der Waals surface area contributed by atoms with Crippen molar-refractivity contribution in [2.45, 2.75) is 26.2 Å². The molecule has 0 saturated heterocycles. The first-order chi connectivity index (χ1) is 6.77. The van der Waals surface area contributed by atoms with Crippen LogP contribution in [0.5, 0.6) is 0 Å². The predicted molar refractivity (Wildman–Crippen MR) is 51.8 cm³/mol. The topological polar surface area (TPSA) is 66.0 Å². The summed E-state index contributed by atoms with van der Waals surface area (Å²) in [5, 5.41) is 12.2. The number of rotatable bonds is 5. The molecule has 5 nitrogen and oxygen atoms in total. The standard InChI is InChI=1S/C9H14N4O/c1-3-13(2)9-11-8(14-12-9)6-4-5-7-10/h3-6H2,1-2H3. The Kier molecular flexibility index (Phi) is 3.92. The molecule has 1 rings (SSSR count). The van der Waals surface area contributed by atoms with Crippen LogP contribution in [0, 0.1) is 11.3 Å². The number of nitriles is 1. The van der Waals surface area contributed by atoms with Crippen molar-refractivity contribution in [3.63, 3.8) is 0 Å². The van der Waals surface area contributed by atoms with E-state index >= 15 is 0 Å². The molecule has 0 fully saturated rings. The van der Waals surface area contributed by atoms with E-state index in [0.717, 1.165) is 13.0 Å². The summed E-state index contributed by atoms with van der Waals surface area (Å²) < 4.78 is 5.02. The second-order valence-corrected chi connectivity index (χ2v) is 3.01. The fraction of sp³-hybridized carbons (Fsp3) is 0.667. The van der Waals surface area contributed by atoms with E-state index in [1.165, 1.54) is 0 Å². The summed E-state index contributed by atoms with van der Waals surface area (Å²) >= 11 is 0. The van der Waals surface area contributed by atoms with Crippen LogP contribution in [0.3, 0.4) is 0 Å². The highest BCUT2D eigenvalue weighted by Gasteiger charge is 2.08. The SMILES string of the molecule is CCN(C)c1noc(CCCC#N)n1. The molecule has 0 saturated carbocycles. The van der Waals surface area contributed by atoms with E-state index in [1.807, 2.05) is 18.9 Å². The Bertz CT molecular complexity index is 315. The molecule has 1 aromatic heterocycles. The van der Waals surface area contributed by atoms with E-state index in [-0.39, 0.29) is 0 Å². The maximum absolute atomic E-state index is 8.35. The number of unbranched alkanes of at least 4 members (excludes halogenated alkanes) is 1. The molecule has 0 spiro atoms. The monoisotopic (exact) mass is 194 g/mol.